The molecule has 0 heterocycles. The summed E-state index contributed by atoms with van der Waals surface area (Å²) >= 11 is 1.02. The first-order valence-electron chi connectivity index (χ1n) is 17.6. The molecular formula is C37H48N6O7S. The molecule has 2 aliphatic carbocycles. The van der Waals surface area contributed by atoms with Gasteiger partial charge in [-0.15, -0.1) is 11.8 Å². The maximum absolute atomic E-state index is 13.8. The number of hydrogen-bond donors (Lipinski definition) is 6. The second-order valence-corrected chi connectivity index (χ2v) is 14.4. The van der Waals surface area contributed by atoms with Crippen LogP contribution in [0.3, 0.4) is 0 Å². The summed E-state index contributed by atoms with van der Waals surface area (Å²) in [6.45, 7) is 1.14. The Bertz CT molecular complexity index is 1530. The molecule has 2 aliphatic rings. The molecule has 2 fully saturated rings. The van der Waals surface area contributed by atoms with E-state index in [-0.39, 0.29) is 24.2 Å². The van der Waals surface area contributed by atoms with Gasteiger partial charge in [-0.3, -0.25) is 33.6 Å². The van der Waals surface area contributed by atoms with Crippen LogP contribution in [0.25, 0.3) is 0 Å². The topological polar surface area (TPSA) is 206 Å². The van der Waals surface area contributed by atoms with E-state index in [1.54, 1.807) is 37.3 Å². The van der Waals surface area contributed by atoms with Gasteiger partial charge in [0.1, 0.15) is 23.5 Å². The van der Waals surface area contributed by atoms with Crippen molar-refractivity contribution < 1.29 is 33.6 Å². The number of carbonyl (C=O) groups excluding carboxylic acids is 7. The van der Waals surface area contributed by atoms with Crippen LogP contribution in [0.5, 0.6) is 0 Å². The molecule has 7 N–H and O–H groups in total. The van der Waals surface area contributed by atoms with Crippen LogP contribution in [0.15, 0.2) is 60.7 Å². The number of carbonyl (C=O) groups is 7. The summed E-state index contributed by atoms with van der Waals surface area (Å²) in [4.78, 5) is 91.2. The second kappa shape index (κ2) is 19.6. The van der Waals surface area contributed by atoms with E-state index in [4.69, 9.17) is 5.73 Å². The minimum absolute atomic E-state index is 0.0834. The predicted molar refractivity (Wildman–Crippen MR) is 193 cm³/mol. The third kappa shape index (κ3) is 12.5. The van der Waals surface area contributed by atoms with Gasteiger partial charge in [-0.2, -0.15) is 0 Å². The van der Waals surface area contributed by atoms with E-state index in [9.17, 15) is 33.6 Å². The number of nitrogens with one attached hydrogen (secondary N) is 5. The molecule has 274 valence electrons. The summed E-state index contributed by atoms with van der Waals surface area (Å²) in [5.74, 6) is -4.49. The first kappa shape index (κ1) is 39.1. The highest BCUT2D eigenvalue weighted by Gasteiger charge is 2.37. The summed E-state index contributed by atoms with van der Waals surface area (Å²) in [5, 5.41) is 11.9. The Morgan fingerprint density at radius 3 is 2.02 bits per heavy atom. The molecule has 0 bridgehead atoms. The highest BCUT2D eigenvalue weighted by molar-refractivity contribution is 8.00. The van der Waals surface area contributed by atoms with Crippen LogP contribution in [0.1, 0.15) is 75.5 Å². The summed E-state index contributed by atoms with van der Waals surface area (Å²) in [6.07, 6.45) is 6.74. The number of amides is 6. The smallest absolute Gasteiger partial charge is 0.290 e. The van der Waals surface area contributed by atoms with E-state index in [0.29, 0.717) is 17.7 Å². The standard InChI is InChI=1S/C37H48N6O7S/c1-2-51-37(32(46)36(50)39-22-29(45)42-30(33(38)47)25-14-8-4-9-15-25)43-34(48)27(20-24-18-19-24)40-35(49)31(26-16-10-5-11-17-26)41-28(44)21-23-12-6-3-7-13-23/h3-4,6-9,12-15,24,26-27,30-31,37H,2,5,10-11,16-22H2,1H3,(H2,38,47)(H,39,50)(H,40,49)(H,41,44)(H,42,45)(H,43,48)/t27-,30-,31-,37?/m0/s1. The van der Waals surface area contributed by atoms with Crippen molar-refractivity contribution in [2.75, 3.05) is 12.3 Å². The molecule has 13 nitrogen and oxygen atoms in total. The van der Waals surface area contributed by atoms with Gasteiger partial charge in [-0.1, -0.05) is 99.7 Å². The van der Waals surface area contributed by atoms with E-state index in [2.05, 4.69) is 26.6 Å². The lowest BCUT2D eigenvalue weighted by Gasteiger charge is -2.31. The number of Topliss-reactive ketones (excluding diaryl/α,β-unsaturated/α-hetero) is 1. The van der Waals surface area contributed by atoms with Gasteiger partial charge in [0.25, 0.3) is 11.7 Å². The number of rotatable bonds is 19. The van der Waals surface area contributed by atoms with Crippen LogP contribution >= 0.6 is 11.8 Å². The zero-order valence-electron chi connectivity index (χ0n) is 28.9. The Kier molecular flexibility index (Phi) is 15.0. The van der Waals surface area contributed by atoms with Crippen LogP contribution < -0.4 is 32.3 Å². The Balaban J connectivity index is 1.38. The van der Waals surface area contributed by atoms with Crippen LogP contribution in [-0.2, 0) is 40.0 Å². The Hall–Kier alpha value is -4.72. The van der Waals surface area contributed by atoms with Crippen molar-refractivity contribution in [3.8, 4) is 0 Å². The normalized spacial score (nSPS) is 16.7. The molecule has 14 heteroatoms. The molecule has 0 radical (unpaired) electrons. The molecule has 4 atom stereocenters. The molecular weight excluding hydrogens is 673 g/mol. The number of thioether (sulfide) groups is 1. The lowest BCUT2D eigenvalue weighted by Crippen LogP contribution is -2.58. The molecule has 1 unspecified atom stereocenters. The minimum Gasteiger partial charge on any atom is -0.368 e. The van der Waals surface area contributed by atoms with Gasteiger partial charge in [-0.05, 0) is 48.0 Å². The van der Waals surface area contributed by atoms with Crippen LogP contribution in [0.4, 0.5) is 0 Å². The number of nitrogens with two attached hydrogens (primary N) is 1. The average Bonchev–Trinajstić information content (AvgIpc) is 3.96. The number of benzene rings is 2. The van der Waals surface area contributed by atoms with E-state index >= 15 is 0 Å². The molecule has 0 aromatic heterocycles. The molecule has 2 aromatic carbocycles. The molecule has 51 heavy (non-hydrogen) atoms. The molecule has 0 saturated heterocycles. The van der Waals surface area contributed by atoms with E-state index in [1.807, 2.05) is 30.3 Å². The fraction of sp³-hybridized carbons (Fsp3) is 0.486. The van der Waals surface area contributed by atoms with Crippen molar-refractivity contribution in [3.63, 3.8) is 0 Å². The van der Waals surface area contributed by atoms with E-state index < -0.39 is 65.4 Å². The van der Waals surface area contributed by atoms with Crippen molar-refractivity contribution in [2.45, 2.75) is 88.2 Å². The number of hydrogen-bond acceptors (Lipinski definition) is 8. The third-order valence-electron chi connectivity index (χ3n) is 9.03. The summed E-state index contributed by atoms with van der Waals surface area (Å²) in [6, 6.07) is 14.6. The molecule has 6 amide bonds. The fourth-order valence-electron chi connectivity index (χ4n) is 6.17. The quantitative estimate of drug-likeness (QED) is 0.0930. The predicted octanol–water partition coefficient (Wildman–Crippen LogP) is 1.80. The molecule has 0 aliphatic heterocycles. The lowest BCUT2D eigenvalue weighted by molar-refractivity contribution is -0.139. The Morgan fingerprint density at radius 2 is 1.41 bits per heavy atom. The van der Waals surface area contributed by atoms with Gasteiger partial charge < -0.3 is 32.3 Å². The Labute approximate surface area is 302 Å². The van der Waals surface area contributed by atoms with Gasteiger partial charge in [-0.25, -0.2) is 0 Å². The zero-order chi connectivity index (χ0) is 36.8. The van der Waals surface area contributed by atoms with Crippen molar-refractivity contribution in [2.24, 2.45) is 17.6 Å². The van der Waals surface area contributed by atoms with Gasteiger partial charge in [0.2, 0.25) is 29.5 Å². The first-order chi connectivity index (χ1) is 24.5. The number of ketones is 1. The fourth-order valence-corrected chi connectivity index (χ4v) is 6.96. The minimum atomic E-state index is -1.29. The van der Waals surface area contributed by atoms with Gasteiger partial charge in [0.05, 0.1) is 13.0 Å². The lowest BCUT2D eigenvalue weighted by atomic mass is 9.83. The highest BCUT2D eigenvalue weighted by atomic mass is 32.2. The van der Waals surface area contributed by atoms with Crippen molar-refractivity contribution in [1.29, 1.82) is 0 Å². The maximum atomic E-state index is 13.8. The maximum Gasteiger partial charge on any atom is 0.290 e. The molecule has 2 aromatic rings. The van der Waals surface area contributed by atoms with Crippen molar-refractivity contribution in [1.82, 2.24) is 26.6 Å². The van der Waals surface area contributed by atoms with Crippen LogP contribution in [0.2, 0.25) is 0 Å². The Morgan fingerprint density at radius 1 is 0.765 bits per heavy atom. The van der Waals surface area contributed by atoms with E-state index in [0.717, 1.165) is 62.3 Å². The van der Waals surface area contributed by atoms with Crippen molar-refractivity contribution in [3.05, 3.63) is 71.8 Å². The zero-order valence-corrected chi connectivity index (χ0v) is 29.7. The number of primary amides is 1. The first-order valence-corrected chi connectivity index (χ1v) is 18.6. The molecule has 4 rings (SSSR count). The molecule has 2 saturated carbocycles. The monoisotopic (exact) mass is 720 g/mol. The average molecular weight is 721 g/mol. The summed E-state index contributed by atoms with van der Waals surface area (Å²) in [7, 11) is 0. The van der Waals surface area contributed by atoms with Crippen LogP contribution in [-0.4, -0.2) is 71.0 Å². The highest BCUT2D eigenvalue weighted by Crippen LogP contribution is 2.34. The summed E-state index contributed by atoms with van der Waals surface area (Å²) < 4.78 is 0. The van der Waals surface area contributed by atoms with Gasteiger partial charge in [0, 0.05) is 0 Å². The molecule has 0 spiro atoms. The third-order valence-corrected chi connectivity index (χ3v) is 10.0. The van der Waals surface area contributed by atoms with Crippen molar-refractivity contribution >= 4 is 53.0 Å². The van der Waals surface area contributed by atoms with Gasteiger partial charge >= 0.3 is 0 Å². The van der Waals surface area contributed by atoms with E-state index in [1.165, 1.54) is 0 Å². The second-order valence-electron chi connectivity index (χ2n) is 13.1. The SMILES string of the molecule is CCSC(NC(=O)[C@H](CC1CC1)NC(=O)[C@@H](NC(=O)Cc1ccccc1)C1CCCCC1)C(=O)C(=O)NCC(=O)N[C@H](C(N)=O)c1ccccc1. The largest absolute Gasteiger partial charge is 0.368 e. The van der Waals surface area contributed by atoms with Gasteiger partial charge in [0.15, 0.2) is 0 Å². The summed E-state index contributed by atoms with van der Waals surface area (Å²) in [5.41, 5.74) is 6.72. The van der Waals surface area contributed by atoms with Crippen LogP contribution in [0, 0.1) is 11.8 Å².